The highest BCUT2D eigenvalue weighted by atomic mass is 32.2. The van der Waals surface area contributed by atoms with Crippen LogP contribution >= 0.6 is 11.9 Å². The van der Waals surface area contributed by atoms with Gasteiger partial charge in [-0.05, 0) is 61.3 Å². The summed E-state index contributed by atoms with van der Waals surface area (Å²) >= 11 is 0.982. The van der Waals surface area contributed by atoms with Gasteiger partial charge < -0.3 is 4.74 Å². The van der Waals surface area contributed by atoms with Crippen molar-refractivity contribution in [2.24, 2.45) is 0 Å². The number of nitro benzene ring substituents is 1. The predicted molar refractivity (Wildman–Crippen MR) is 125 cm³/mol. The van der Waals surface area contributed by atoms with E-state index in [2.05, 4.69) is 20.2 Å². The highest BCUT2D eigenvalue weighted by molar-refractivity contribution is 7.98. The minimum Gasteiger partial charge on any atom is -0.490 e. The van der Waals surface area contributed by atoms with Crippen molar-refractivity contribution in [3.8, 4) is 11.4 Å². The normalized spacial score (nSPS) is 10.6. The molecule has 0 aliphatic rings. The van der Waals surface area contributed by atoms with Crippen molar-refractivity contribution in [2.75, 3.05) is 7.11 Å². The molecule has 0 unspecified atom stereocenters. The molecule has 34 heavy (non-hydrogen) atoms. The molecule has 3 amide bonds. The van der Waals surface area contributed by atoms with Crippen molar-refractivity contribution >= 4 is 40.6 Å². The highest BCUT2D eigenvalue weighted by Crippen LogP contribution is 2.27. The fourth-order valence-corrected chi connectivity index (χ4v) is 3.60. The summed E-state index contributed by atoms with van der Waals surface area (Å²) in [7, 11) is 1.28. The number of carbonyl (C=O) groups is 2. The molecule has 1 heterocycles. The Morgan fingerprint density at radius 3 is 2.47 bits per heavy atom. The molecule has 0 aliphatic carbocycles. The number of fused-ring (bicyclic) bond motifs is 1. The molecule has 4 rings (SSSR count). The molecule has 0 aliphatic heterocycles. The number of amides is 3. The lowest BCUT2D eigenvalue weighted by Crippen LogP contribution is -2.36. The molecule has 0 bridgehead atoms. The van der Waals surface area contributed by atoms with Crippen LogP contribution in [-0.2, 0) is 0 Å². The number of nitro groups is 1. The second kappa shape index (κ2) is 9.58. The van der Waals surface area contributed by atoms with Crippen molar-refractivity contribution in [3.05, 3.63) is 81.9 Å². The first-order valence-electron chi connectivity index (χ1n) is 9.89. The smallest absolute Gasteiger partial charge is 0.331 e. The quantitative estimate of drug-likeness (QED) is 0.242. The summed E-state index contributed by atoms with van der Waals surface area (Å²) in [6.07, 6.45) is 0. The van der Waals surface area contributed by atoms with E-state index in [1.807, 2.05) is 31.2 Å². The van der Waals surface area contributed by atoms with Crippen LogP contribution in [0.15, 0.2) is 65.6 Å². The number of nitrogens with zero attached hydrogens (tertiary/aromatic N) is 4. The van der Waals surface area contributed by atoms with Crippen LogP contribution in [0.25, 0.3) is 16.7 Å². The number of hydrogen-bond acceptors (Lipinski definition) is 8. The average Bonchev–Trinajstić information content (AvgIpc) is 3.26. The zero-order valence-corrected chi connectivity index (χ0v) is 18.8. The minimum absolute atomic E-state index is 0.0104. The summed E-state index contributed by atoms with van der Waals surface area (Å²) in [5.41, 5.74) is 2.84. The number of urea groups is 1. The lowest BCUT2D eigenvalue weighted by molar-refractivity contribution is -0.385. The Kier molecular flexibility index (Phi) is 6.41. The number of imide groups is 1. The van der Waals surface area contributed by atoms with E-state index >= 15 is 0 Å². The number of carbonyl (C=O) groups excluding carboxylic acids is 2. The van der Waals surface area contributed by atoms with Gasteiger partial charge in [0.2, 0.25) is 0 Å². The minimum atomic E-state index is -0.791. The van der Waals surface area contributed by atoms with Gasteiger partial charge in [0.15, 0.2) is 5.75 Å². The number of aryl methyl sites for hydroxylation is 1. The molecule has 3 aromatic carbocycles. The molecule has 4 aromatic rings. The highest BCUT2D eigenvalue weighted by Gasteiger charge is 2.19. The van der Waals surface area contributed by atoms with E-state index in [1.165, 1.54) is 24.0 Å². The summed E-state index contributed by atoms with van der Waals surface area (Å²) in [5.74, 6) is -0.781. The number of nitrogens with one attached hydrogen (secondary N) is 2. The molecule has 2 N–H and O–H groups in total. The molecule has 0 fully saturated rings. The third-order valence-corrected chi connectivity index (χ3v) is 5.52. The Hall–Kier alpha value is -4.45. The SMILES string of the molecule is COc1ccc(C(=O)NC(=O)NSc2ccc3nn(-c4ccc(C)cc4)nc3c2)cc1[N+](=O)[O-]. The first-order chi connectivity index (χ1) is 16.3. The van der Waals surface area contributed by atoms with Gasteiger partial charge in [0.1, 0.15) is 11.0 Å². The number of benzene rings is 3. The molecule has 0 spiro atoms. The zero-order chi connectivity index (χ0) is 24.2. The third-order valence-electron chi connectivity index (χ3n) is 4.74. The Morgan fingerprint density at radius 2 is 1.76 bits per heavy atom. The largest absolute Gasteiger partial charge is 0.490 e. The van der Waals surface area contributed by atoms with Crippen molar-refractivity contribution in [1.29, 1.82) is 0 Å². The van der Waals surface area contributed by atoms with E-state index in [0.29, 0.717) is 15.9 Å². The molecule has 0 atom stereocenters. The van der Waals surface area contributed by atoms with Crippen molar-refractivity contribution in [2.45, 2.75) is 11.8 Å². The van der Waals surface area contributed by atoms with Crippen molar-refractivity contribution in [3.63, 3.8) is 0 Å². The van der Waals surface area contributed by atoms with Crippen LogP contribution < -0.4 is 14.8 Å². The molecular formula is C22H18N6O5S. The molecule has 0 saturated heterocycles. The molecule has 1 aromatic heterocycles. The van der Waals surface area contributed by atoms with Crippen LogP contribution in [0, 0.1) is 17.0 Å². The van der Waals surface area contributed by atoms with Crippen LogP contribution in [-0.4, -0.2) is 39.0 Å². The number of hydrogen-bond donors (Lipinski definition) is 2. The number of rotatable bonds is 6. The summed E-state index contributed by atoms with van der Waals surface area (Å²) in [5, 5.41) is 22.2. The number of methoxy groups -OCH3 is 1. The van der Waals surface area contributed by atoms with Crippen LogP contribution in [0.2, 0.25) is 0 Å². The van der Waals surface area contributed by atoms with Gasteiger partial charge in [0.05, 0.1) is 17.7 Å². The predicted octanol–water partition coefficient (Wildman–Crippen LogP) is 3.79. The van der Waals surface area contributed by atoms with Gasteiger partial charge in [-0.3, -0.25) is 24.9 Å². The Bertz CT molecular complexity index is 1400. The van der Waals surface area contributed by atoms with Crippen LogP contribution in [0.3, 0.4) is 0 Å². The van der Waals surface area contributed by atoms with Crippen LogP contribution in [0.4, 0.5) is 10.5 Å². The monoisotopic (exact) mass is 478 g/mol. The van der Waals surface area contributed by atoms with Crippen LogP contribution in [0.1, 0.15) is 15.9 Å². The summed E-state index contributed by atoms with van der Waals surface area (Å²) in [6, 6.07) is 16.0. The van der Waals surface area contributed by atoms with Gasteiger partial charge in [-0.2, -0.15) is 4.80 Å². The van der Waals surface area contributed by atoms with Gasteiger partial charge in [-0.25, -0.2) is 4.79 Å². The van der Waals surface area contributed by atoms with Gasteiger partial charge in [0.25, 0.3) is 5.91 Å². The van der Waals surface area contributed by atoms with E-state index < -0.39 is 16.9 Å². The maximum Gasteiger partial charge on any atom is 0.331 e. The van der Waals surface area contributed by atoms with E-state index in [-0.39, 0.29) is 17.0 Å². The first-order valence-corrected chi connectivity index (χ1v) is 10.7. The summed E-state index contributed by atoms with van der Waals surface area (Å²) in [6.45, 7) is 2.00. The maximum atomic E-state index is 12.3. The number of ether oxygens (including phenoxy) is 1. The van der Waals surface area contributed by atoms with Crippen molar-refractivity contribution < 1.29 is 19.2 Å². The second-order valence-electron chi connectivity index (χ2n) is 7.11. The van der Waals surface area contributed by atoms with E-state index in [9.17, 15) is 19.7 Å². The maximum absolute atomic E-state index is 12.3. The first kappa shape index (κ1) is 22.7. The summed E-state index contributed by atoms with van der Waals surface area (Å²) in [4.78, 5) is 37.1. The van der Waals surface area contributed by atoms with Gasteiger partial charge in [-0.1, -0.05) is 17.7 Å². The molecule has 0 radical (unpaired) electrons. The van der Waals surface area contributed by atoms with E-state index in [1.54, 1.807) is 18.2 Å². The topological polar surface area (TPSA) is 141 Å². The molecule has 12 heteroatoms. The average molecular weight is 478 g/mol. The van der Waals surface area contributed by atoms with E-state index in [4.69, 9.17) is 4.74 Å². The molecule has 11 nitrogen and oxygen atoms in total. The fourth-order valence-electron chi connectivity index (χ4n) is 3.03. The molecule has 172 valence electrons. The van der Waals surface area contributed by atoms with E-state index in [0.717, 1.165) is 29.3 Å². The standard InChI is InChI=1S/C22H18N6O5S/c1-13-3-6-15(7-4-13)27-24-17-9-8-16(12-18(17)25-27)34-26-22(30)23-21(29)14-5-10-20(33-2)19(11-14)28(31)32/h3-12H,1-2H3,(H2,23,26,29,30). The lowest BCUT2D eigenvalue weighted by atomic mass is 10.2. The van der Waals surface area contributed by atoms with Crippen LogP contribution in [0.5, 0.6) is 5.75 Å². The second-order valence-corrected chi connectivity index (χ2v) is 7.99. The Labute approximate surface area is 197 Å². The zero-order valence-electron chi connectivity index (χ0n) is 18.0. The lowest BCUT2D eigenvalue weighted by Gasteiger charge is -2.07. The van der Waals surface area contributed by atoms with Gasteiger partial charge in [-0.15, -0.1) is 10.2 Å². The summed E-state index contributed by atoms with van der Waals surface area (Å²) < 4.78 is 7.41. The molecule has 0 saturated carbocycles. The van der Waals surface area contributed by atoms with Gasteiger partial charge >= 0.3 is 11.7 Å². The number of aromatic nitrogens is 3. The fraction of sp³-hybridized carbons (Fsp3) is 0.0909. The third kappa shape index (κ3) is 4.96. The van der Waals surface area contributed by atoms with Crippen molar-refractivity contribution in [1.82, 2.24) is 25.0 Å². The Balaban J connectivity index is 1.40. The van der Waals surface area contributed by atoms with Gasteiger partial charge in [0, 0.05) is 16.5 Å². The molecular weight excluding hydrogens is 460 g/mol. The Morgan fingerprint density at radius 1 is 1.03 bits per heavy atom.